The Bertz CT molecular complexity index is 2870. The molecule has 0 unspecified atom stereocenters. The van der Waals surface area contributed by atoms with Crippen LogP contribution in [0.5, 0.6) is 0 Å². The zero-order chi connectivity index (χ0) is 37.3. The van der Waals surface area contributed by atoms with E-state index in [1.54, 1.807) is 0 Å². The van der Waals surface area contributed by atoms with Gasteiger partial charge < -0.3 is 9.47 Å². The molecule has 0 atom stereocenters. The predicted molar refractivity (Wildman–Crippen MR) is 237 cm³/mol. The van der Waals surface area contributed by atoms with Crippen molar-refractivity contribution in [1.82, 2.24) is 4.57 Å². The SMILES string of the molecule is c1ccc(-c2ccc(-c3ccc(N(c4ccccc4-c4ccccc4)c4cc(-c5ccccc5)ccc4-n4c5ccccc5c5ccccc54)cc3)cc2)cc1. The Morgan fingerprint density at radius 1 is 0.286 bits per heavy atom. The van der Waals surface area contributed by atoms with E-state index in [1.165, 1.54) is 55.2 Å². The van der Waals surface area contributed by atoms with Crippen molar-refractivity contribution in [3.8, 4) is 50.2 Å². The average Bonchev–Trinajstić information content (AvgIpc) is 3.62. The Labute approximate surface area is 327 Å². The maximum absolute atomic E-state index is 2.45. The number of rotatable bonds is 8. The minimum absolute atomic E-state index is 1.07. The molecule has 0 saturated heterocycles. The van der Waals surface area contributed by atoms with Crippen LogP contribution in [0.1, 0.15) is 0 Å². The van der Waals surface area contributed by atoms with Gasteiger partial charge in [-0.25, -0.2) is 0 Å². The number of hydrogen-bond acceptors (Lipinski definition) is 1. The van der Waals surface area contributed by atoms with Gasteiger partial charge in [-0.2, -0.15) is 0 Å². The van der Waals surface area contributed by atoms with E-state index in [2.05, 4.69) is 240 Å². The molecule has 264 valence electrons. The molecule has 0 aliphatic rings. The zero-order valence-electron chi connectivity index (χ0n) is 30.8. The lowest BCUT2D eigenvalue weighted by Crippen LogP contribution is -2.14. The van der Waals surface area contributed by atoms with E-state index in [0.717, 1.165) is 33.9 Å². The number of aromatic nitrogens is 1. The molecule has 0 fully saturated rings. The molecule has 0 bridgehead atoms. The van der Waals surface area contributed by atoms with Crippen LogP contribution >= 0.6 is 0 Å². The summed E-state index contributed by atoms with van der Waals surface area (Å²) in [7, 11) is 0. The van der Waals surface area contributed by atoms with Gasteiger partial charge in [0.15, 0.2) is 0 Å². The Kier molecular flexibility index (Phi) is 8.55. The lowest BCUT2D eigenvalue weighted by Gasteiger charge is -2.31. The highest BCUT2D eigenvalue weighted by Crippen LogP contribution is 2.46. The fourth-order valence-corrected chi connectivity index (χ4v) is 8.11. The second-order valence-electron chi connectivity index (χ2n) is 14.1. The van der Waals surface area contributed by atoms with E-state index in [4.69, 9.17) is 0 Å². The second kappa shape index (κ2) is 14.4. The minimum atomic E-state index is 1.07. The first-order valence-electron chi connectivity index (χ1n) is 19.2. The molecule has 2 nitrogen and oxygen atoms in total. The van der Waals surface area contributed by atoms with Crippen LogP contribution in [-0.4, -0.2) is 4.57 Å². The zero-order valence-corrected chi connectivity index (χ0v) is 30.8. The van der Waals surface area contributed by atoms with E-state index in [0.29, 0.717) is 0 Å². The van der Waals surface area contributed by atoms with Crippen molar-refractivity contribution in [3.63, 3.8) is 0 Å². The van der Waals surface area contributed by atoms with Gasteiger partial charge in [-0.05, 0) is 81.4 Å². The van der Waals surface area contributed by atoms with Gasteiger partial charge in [-0.15, -0.1) is 0 Å². The fourth-order valence-electron chi connectivity index (χ4n) is 8.11. The van der Waals surface area contributed by atoms with Gasteiger partial charge in [-0.3, -0.25) is 0 Å². The maximum Gasteiger partial charge on any atom is 0.0708 e. The summed E-state index contributed by atoms with van der Waals surface area (Å²) < 4.78 is 2.44. The van der Waals surface area contributed by atoms with Crippen LogP contribution in [0.4, 0.5) is 17.1 Å². The molecule has 0 spiro atoms. The molecule has 9 aromatic carbocycles. The average molecular weight is 715 g/mol. The smallest absolute Gasteiger partial charge is 0.0708 e. The largest absolute Gasteiger partial charge is 0.308 e. The summed E-state index contributed by atoms with van der Waals surface area (Å²) >= 11 is 0. The molecular weight excluding hydrogens is 677 g/mol. The Balaban J connectivity index is 1.21. The molecule has 0 N–H and O–H groups in total. The number of benzene rings is 9. The van der Waals surface area contributed by atoms with Gasteiger partial charge in [0.1, 0.15) is 0 Å². The highest BCUT2D eigenvalue weighted by atomic mass is 15.2. The fraction of sp³-hybridized carbons (Fsp3) is 0. The summed E-state index contributed by atoms with van der Waals surface area (Å²) in [5, 5.41) is 2.47. The van der Waals surface area contributed by atoms with Crippen LogP contribution in [0.2, 0.25) is 0 Å². The third kappa shape index (κ3) is 6.04. The van der Waals surface area contributed by atoms with Gasteiger partial charge in [-0.1, -0.05) is 188 Å². The number of nitrogens with zero attached hydrogens (tertiary/aromatic N) is 2. The van der Waals surface area contributed by atoms with Gasteiger partial charge in [0, 0.05) is 22.0 Å². The lowest BCUT2D eigenvalue weighted by molar-refractivity contribution is 1.15. The first-order chi connectivity index (χ1) is 27.8. The van der Waals surface area contributed by atoms with Gasteiger partial charge in [0.25, 0.3) is 0 Å². The molecule has 0 aliphatic heterocycles. The summed E-state index contributed by atoms with van der Waals surface area (Å²) in [6.07, 6.45) is 0. The van der Waals surface area contributed by atoms with Crippen molar-refractivity contribution < 1.29 is 0 Å². The summed E-state index contributed by atoms with van der Waals surface area (Å²) in [5.74, 6) is 0. The van der Waals surface area contributed by atoms with Crippen LogP contribution in [-0.2, 0) is 0 Å². The third-order valence-electron chi connectivity index (χ3n) is 10.8. The maximum atomic E-state index is 2.45. The molecule has 56 heavy (non-hydrogen) atoms. The van der Waals surface area contributed by atoms with Crippen molar-refractivity contribution in [3.05, 3.63) is 231 Å². The van der Waals surface area contributed by atoms with Crippen LogP contribution < -0.4 is 4.90 Å². The predicted octanol–water partition coefficient (Wildman–Crippen LogP) is 14.9. The number of para-hydroxylation sites is 3. The Hall–Kier alpha value is -7.42. The molecular formula is C54H38N2. The molecule has 1 heterocycles. The van der Waals surface area contributed by atoms with Crippen molar-refractivity contribution in [2.75, 3.05) is 4.90 Å². The number of hydrogen-bond donors (Lipinski definition) is 0. The van der Waals surface area contributed by atoms with E-state index >= 15 is 0 Å². The van der Waals surface area contributed by atoms with Gasteiger partial charge >= 0.3 is 0 Å². The first kappa shape index (κ1) is 33.2. The summed E-state index contributed by atoms with van der Waals surface area (Å²) in [5.41, 5.74) is 16.2. The standard InChI is InChI=1S/C54H38N2/c1-4-16-39(17-5-1)41-28-30-42(31-29-41)43-32-35-46(36-33-43)55(50-25-13-10-22-47(50)44-20-8-3-9-21-44)54-38-45(40-18-6-2-7-19-40)34-37-53(54)56-51-26-14-11-23-48(51)49-24-12-15-27-52(49)56/h1-38H. The first-order valence-corrected chi connectivity index (χ1v) is 19.2. The highest BCUT2D eigenvalue weighted by Gasteiger charge is 2.23. The van der Waals surface area contributed by atoms with Crippen molar-refractivity contribution in [1.29, 1.82) is 0 Å². The van der Waals surface area contributed by atoms with E-state index < -0.39 is 0 Å². The van der Waals surface area contributed by atoms with E-state index in [1.807, 2.05) is 0 Å². The lowest BCUT2D eigenvalue weighted by atomic mass is 9.98. The Morgan fingerprint density at radius 3 is 1.27 bits per heavy atom. The molecule has 0 saturated carbocycles. The summed E-state index contributed by atoms with van der Waals surface area (Å²) in [6, 6.07) is 83.1. The molecule has 10 rings (SSSR count). The number of fused-ring (bicyclic) bond motifs is 3. The number of anilines is 3. The highest BCUT2D eigenvalue weighted by molar-refractivity contribution is 6.10. The molecule has 1 aromatic heterocycles. The molecule has 10 aromatic rings. The summed E-state index contributed by atoms with van der Waals surface area (Å²) in [6.45, 7) is 0. The quantitative estimate of drug-likeness (QED) is 0.152. The van der Waals surface area contributed by atoms with Crippen molar-refractivity contribution >= 4 is 38.9 Å². The second-order valence-corrected chi connectivity index (χ2v) is 14.1. The molecule has 0 radical (unpaired) electrons. The normalized spacial score (nSPS) is 11.2. The van der Waals surface area contributed by atoms with E-state index in [-0.39, 0.29) is 0 Å². The van der Waals surface area contributed by atoms with Gasteiger partial charge in [0.05, 0.1) is 28.1 Å². The van der Waals surface area contributed by atoms with Crippen LogP contribution in [0, 0.1) is 0 Å². The van der Waals surface area contributed by atoms with Crippen molar-refractivity contribution in [2.45, 2.75) is 0 Å². The van der Waals surface area contributed by atoms with Crippen LogP contribution in [0.15, 0.2) is 231 Å². The van der Waals surface area contributed by atoms with Crippen LogP contribution in [0.25, 0.3) is 72.0 Å². The third-order valence-corrected chi connectivity index (χ3v) is 10.8. The van der Waals surface area contributed by atoms with Crippen molar-refractivity contribution in [2.24, 2.45) is 0 Å². The molecule has 0 aliphatic carbocycles. The molecule has 2 heteroatoms. The van der Waals surface area contributed by atoms with E-state index in [9.17, 15) is 0 Å². The minimum Gasteiger partial charge on any atom is -0.308 e. The van der Waals surface area contributed by atoms with Crippen LogP contribution in [0.3, 0.4) is 0 Å². The topological polar surface area (TPSA) is 8.17 Å². The Morgan fingerprint density at radius 2 is 0.696 bits per heavy atom. The summed E-state index contributed by atoms with van der Waals surface area (Å²) in [4.78, 5) is 2.45. The molecule has 0 amide bonds. The van der Waals surface area contributed by atoms with Gasteiger partial charge in [0.2, 0.25) is 0 Å². The monoisotopic (exact) mass is 714 g/mol.